The molecule has 0 saturated heterocycles. The summed E-state index contributed by atoms with van der Waals surface area (Å²) in [5, 5.41) is 23.5. The summed E-state index contributed by atoms with van der Waals surface area (Å²) >= 11 is 5.95. The summed E-state index contributed by atoms with van der Waals surface area (Å²) in [7, 11) is 0. The van der Waals surface area contributed by atoms with Gasteiger partial charge in [0.25, 0.3) is 0 Å². The van der Waals surface area contributed by atoms with Crippen molar-refractivity contribution in [1.29, 1.82) is 0 Å². The van der Waals surface area contributed by atoms with Gasteiger partial charge in [0, 0.05) is 16.7 Å². The lowest BCUT2D eigenvalue weighted by atomic mass is 9.89. The molecule has 3 aromatic rings. The summed E-state index contributed by atoms with van der Waals surface area (Å²) in [6.07, 6.45) is 0. The van der Waals surface area contributed by atoms with Crippen LogP contribution in [0.4, 0.5) is 4.39 Å². The highest BCUT2D eigenvalue weighted by Crippen LogP contribution is 2.31. The molecular formula is C25H26ClFN2O3. The summed E-state index contributed by atoms with van der Waals surface area (Å²) in [5.74, 6) is -0.601. The molecule has 0 fully saturated rings. The van der Waals surface area contributed by atoms with Gasteiger partial charge in [-0.15, -0.1) is 0 Å². The average Bonchev–Trinajstić information content (AvgIpc) is 2.79. The van der Waals surface area contributed by atoms with Crippen molar-refractivity contribution in [3.63, 3.8) is 0 Å². The Morgan fingerprint density at radius 3 is 2.41 bits per heavy atom. The minimum atomic E-state index is -1.59. The number of aliphatic hydroxyl groups is 2. The van der Waals surface area contributed by atoms with Gasteiger partial charge in [-0.2, -0.15) is 0 Å². The SMILES string of the molecule is CC(O)(CO)c1cc(C(C)(C)NCC(=O)c2ccccc2)cc(-c2ccc(F)c(Cl)c2)n1. The molecule has 2 aromatic carbocycles. The first kappa shape index (κ1) is 24.0. The highest BCUT2D eigenvalue weighted by atomic mass is 35.5. The summed E-state index contributed by atoms with van der Waals surface area (Å²) < 4.78 is 13.7. The molecule has 1 aromatic heterocycles. The lowest BCUT2D eigenvalue weighted by molar-refractivity contribution is -0.00589. The number of hydrogen-bond acceptors (Lipinski definition) is 5. The third kappa shape index (κ3) is 5.40. The van der Waals surface area contributed by atoms with Crippen LogP contribution in [0, 0.1) is 5.82 Å². The third-order valence-corrected chi connectivity index (χ3v) is 5.70. The minimum absolute atomic E-state index is 0.0454. The monoisotopic (exact) mass is 456 g/mol. The maximum absolute atomic E-state index is 13.7. The molecule has 168 valence electrons. The Balaban J connectivity index is 1.98. The Kier molecular flexibility index (Phi) is 7.10. The van der Waals surface area contributed by atoms with Crippen molar-refractivity contribution in [3.05, 3.63) is 88.3 Å². The van der Waals surface area contributed by atoms with Crippen molar-refractivity contribution in [2.45, 2.75) is 31.9 Å². The number of hydrogen-bond donors (Lipinski definition) is 3. The summed E-state index contributed by atoms with van der Waals surface area (Å²) in [5.41, 5.74) is 0.319. The largest absolute Gasteiger partial charge is 0.393 e. The molecule has 0 aliphatic carbocycles. The number of Topliss-reactive ketones (excluding diaryl/α,β-unsaturated/α-hetero) is 1. The van der Waals surface area contributed by atoms with Crippen LogP contribution >= 0.6 is 11.6 Å². The Hall–Kier alpha value is -2.64. The molecule has 1 heterocycles. The van der Waals surface area contributed by atoms with Gasteiger partial charge in [-0.1, -0.05) is 41.9 Å². The van der Waals surface area contributed by atoms with Crippen molar-refractivity contribution < 1.29 is 19.4 Å². The van der Waals surface area contributed by atoms with E-state index in [2.05, 4.69) is 10.3 Å². The van der Waals surface area contributed by atoms with Crippen molar-refractivity contribution in [2.24, 2.45) is 0 Å². The molecule has 7 heteroatoms. The van der Waals surface area contributed by atoms with E-state index in [1.165, 1.54) is 19.1 Å². The maximum atomic E-state index is 13.7. The molecule has 3 N–H and O–H groups in total. The molecule has 1 unspecified atom stereocenters. The lowest BCUT2D eigenvalue weighted by Gasteiger charge is -2.29. The number of rotatable bonds is 8. The first-order valence-electron chi connectivity index (χ1n) is 10.2. The van der Waals surface area contributed by atoms with Crippen LogP contribution in [0.3, 0.4) is 0 Å². The normalized spacial score (nSPS) is 13.6. The van der Waals surface area contributed by atoms with Crippen molar-refractivity contribution in [3.8, 4) is 11.3 Å². The second-order valence-electron chi connectivity index (χ2n) is 8.45. The molecule has 32 heavy (non-hydrogen) atoms. The first-order valence-corrected chi connectivity index (χ1v) is 10.6. The van der Waals surface area contributed by atoms with E-state index in [0.29, 0.717) is 16.8 Å². The van der Waals surface area contributed by atoms with Crippen molar-refractivity contribution in [2.75, 3.05) is 13.2 Å². The quantitative estimate of drug-likeness (QED) is 0.436. The smallest absolute Gasteiger partial charge is 0.176 e. The number of benzene rings is 2. The van der Waals surface area contributed by atoms with E-state index >= 15 is 0 Å². The van der Waals surface area contributed by atoms with Crippen LogP contribution in [0.1, 0.15) is 42.4 Å². The zero-order chi connectivity index (χ0) is 23.5. The Morgan fingerprint density at radius 1 is 1.09 bits per heavy atom. The highest BCUT2D eigenvalue weighted by molar-refractivity contribution is 6.31. The van der Waals surface area contributed by atoms with Crippen LogP contribution in [-0.2, 0) is 11.1 Å². The summed E-state index contributed by atoms with van der Waals surface area (Å²) in [4.78, 5) is 17.0. The fourth-order valence-electron chi connectivity index (χ4n) is 3.18. The van der Waals surface area contributed by atoms with Gasteiger partial charge in [-0.25, -0.2) is 9.37 Å². The van der Waals surface area contributed by atoms with Crippen LogP contribution in [0.25, 0.3) is 11.3 Å². The Bertz CT molecular complexity index is 1120. The van der Waals surface area contributed by atoms with E-state index in [1.54, 1.807) is 30.3 Å². The molecule has 0 aliphatic rings. The van der Waals surface area contributed by atoms with Crippen molar-refractivity contribution in [1.82, 2.24) is 10.3 Å². The number of nitrogens with zero attached hydrogens (tertiary/aromatic N) is 1. The number of carbonyl (C=O) groups is 1. The first-order chi connectivity index (χ1) is 15.0. The molecule has 0 spiro atoms. The predicted molar refractivity (Wildman–Crippen MR) is 123 cm³/mol. The average molecular weight is 457 g/mol. The molecule has 0 saturated carbocycles. The number of ketones is 1. The van der Waals surface area contributed by atoms with Crippen LogP contribution in [-0.4, -0.2) is 34.1 Å². The molecule has 1 atom stereocenters. The maximum Gasteiger partial charge on any atom is 0.176 e. The van der Waals surface area contributed by atoms with E-state index in [1.807, 2.05) is 32.0 Å². The third-order valence-electron chi connectivity index (χ3n) is 5.41. The van der Waals surface area contributed by atoms with Gasteiger partial charge >= 0.3 is 0 Å². The van der Waals surface area contributed by atoms with E-state index in [0.717, 1.165) is 5.56 Å². The topological polar surface area (TPSA) is 82.5 Å². The number of nitrogens with one attached hydrogen (secondary N) is 1. The molecule has 3 rings (SSSR count). The fraction of sp³-hybridized carbons (Fsp3) is 0.280. The van der Waals surface area contributed by atoms with Gasteiger partial charge in [0.15, 0.2) is 5.78 Å². The number of halogens is 2. The van der Waals surface area contributed by atoms with E-state index < -0.39 is 23.6 Å². The predicted octanol–water partition coefficient (Wildman–Crippen LogP) is 4.45. The molecule has 0 radical (unpaired) electrons. The number of pyridine rings is 1. The van der Waals surface area contributed by atoms with Gasteiger partial charge in [-0.3, -0.25) is 4.79 Å². The zero-order valence-electron chi connectivity index (χ0n) is 18.2. The Labute approximate surface area is 191 Å². The zero-order valence-corrected chi connectivity index (χ0v) is 18.9. The molecule has 5 nitrogen and oxygen atoms in total. The van der Waals surface area contributed by atoms with Gasteiger partial charge in [-0.05, 0) is 56.7 Å². The fourth-order valence-corrected chi connectivity index (χ4v) is 3.36. The molecule has 0 aliphatic heterocycles. The van der Waals surface area contributed by atoms with Crippen LogP contribution in [0.15, 0.2) is 60.7 Å². The number of carbonyl (C=O) groups excluding carboxylic acids is 1. The number of aliphatic hydroxyl groups excluding tert-OH is 1. The lowest BCUT2D eigenvalue weighted by Crippen LogP contribution is -2.40. The van der Waals surface area contributed by atoms with Crippen molar-refractivity contribution >= 4 is 17.4 Å². The standard InChI is InChI=1S/C25H26ClFN2O3/c1-24(2,28-14-22(31)16-7-5-4-6-8-16)18-12-21(17-9-10-20(27)19(26)11-17)29-23(13-18)25(3,32)15-30/h4-13,28,30,32H,14-15H2,1-3H3. The summed E-state index contributed by atoms with van der Waals surface area (Å²) in [6.45, 7) is 4.83. The van der Waals surface area contributed by atoms with E-state index in [4.69, 9.17) is 11.6 Å². The van der Waals surface area contributed by atoms with Gasteiger partial charge < -0.3 is 15.5 Å². The molecular weight excluding hydrogens is 431 g/mol. The highest BCUT2D eigenvalue weighted by Gasteiger charge is 2.29. The summed E-state index contributed by atoms with van der Waals surface area (Å²) in [6, 6.07) is 16.7. The van der Waals surface area contributed by atoms with Gasteiger partial charge in [0.1, 0.15) is 11.4 Å². The molecule has 0 bridgehead atoms. The van der Waals surface area contributed by atoms with Crippen LogP contribution in [0.5, 0.6) is 0 Å². The second kappa shape index (κ2) is 9.46. The van der Waals surface area contributed by atoms with Crippen LogP contribution < -0.4 is 5.32 Å². The van der Waals surface area contributed by atoms with Gasteiger partial charge in [0.2, 0.25) is 0 Å². The second-order valence-corrected chi connectivity index (χ2v) is 8.86. The van der Waals surface area contributed by atoms with Gasteiger partial charge in [0.05, 0.1) is 29.6 Å². The Morgan fingerprint density at radius 2 is 1.78 bits per heavy atom. The molecule has 0 amide bonds. The minimum Gasteiger partial charge on any atom is -0.393 e. The van der Waals surface area contributed by atoms with Crippen LogP contribution in [0.2, 0.25) is 5.02 Å². The number of aromatic nitrogens is 1. The van der Waals surface area contributed by atoms with E-state index in [-0.39, 0.29) is 23.0 Å². The van der Waals surface area contributed by atoms with E-state index in [9.17, 15) is 19.4 Å².